The summed E-state index contributed by atoms with van der Waals surface area (Å²) in [4.78, 5) is 26.0. The first-order valence-corrected chi connectivity index (χ1v) is 6.86. The Morgan fingerprint density at radius 3 is 3.16 bits per heavy atom. The molecule has 5 heteroatoms. The third-order valence-corrected chi connectivity index (χ3v) is 3.88. The number of hydrogen-bond donors (Lipinski definition) is 0. The number of esters is 1. The van der Waals surface area contributed by atoms with E-state index in [2.05, 4.69) is 4.98 Å². The second-order valence-corrected chi connectivity index (χ2v) is 5.18. The molecule has 96 valence electrons. The van der Waals surface area contributed by atoms with Crippen LogP contribution in [0.5, 0.6) is 5.75 Å². The zero-order valence-electron chi connectivity index (χ0n) is 10.1. The molecule has 3 rings (SSSR count). The molecule has 0 unspecified atom stereocenters. The van der Waals surface area contributed by atoms with Gasteiger partial charge in [-0.05, 0) is 24.6 Å². The van der Waals surface area contributed by atoms with Gasteiger partial charge in [-0.15, -0.1) is 11.3 Å². The van der Waals surface area contributed by atoms with E-state index in [1.807, 2.05) is 23.6 Å². The number of aldehydes is 1. The van der Waals surface area contributed by atoms with E-state index in [9.17, 15) is 9.59 Å². The van der Waals surface area contributed by atoms with Crippen LogP contribution >= 0.6 is 11.3 Å². The molecular weight excluding hydrogens is 262 g/mol. The molecule has 0 aliphatic carbocycles. The Bertz CT molecular complexity index is 648. The molecule has 4 nitrogen and oxygen atoms in total. The monoisotopic (exact) mass is 273 g/mol. The SMILES string of the molecule is O=CCCc1csc(-c2ccc3c(c2)CC(=O)O3)n1. The van der Waals surface area contributed by atoms with Gasteiger partial charge in [0, 0.05) is 22.9 Å². The third-order valence-electron chi connectivity index (χ3n) is 2.94. The van der Waals surface area contributed by atoms with Crippen LogP contribution in [0.25, 0.3) is 10.6 Å². The maximum Gasteiger partial charge on any atom is 0.315 e. The standard InChI is InChI=1S/C14H11NO3S/c16-5-1-2-11-8-19-14(15-11)9-3-4-12-10(6-9)7-13(17)18-12/h3-6,8H,1-2,7H2. The van der Waals surface area contributed by atoms with Gasteiger partial charge in [0.15, 0.2) is 0 Å². The van der Waals surface area contributed by atoms with Crippen molar-refractivity contribution >= 4 is 23.6 Å². The number of ether oxygens (including phenoxy) is 1. The topological polar surface area (TPSA) is 56.3 Å². The van der Waals surface area contributed by atoms with Crippen LogP contribution in [0, 0.1) is 0 Å². The lowest BCUT2D eigenvalue weighted by molar-refractivity contribution is -0.131. The van der Waals surface area contributed by atoms with Crippen LogP contribution in [-0.4, -0.2) is 17.2 Å². The normalized spacial score (nSPS) is 13.2. The number of benzene rings is 1. The van der Waals surface area contributed by atoms with Crippen LogP contribution in [0.1, 0.15) is 17.7 Å². The van der Waals surface area contributed by atoms with Crippen LogP contribution < -0.4 is 4.74 Å². The van der Waals surface area contributed by atoms with Crippen molar-refractivity contribution in [2.24, 2.45) is 0 Å². The van der Waals surface area contributed by atoms with E-state index in [0.29, 0.717) is 25.0 Å². The number of thiazole rings is 1. The summed E-state index contributed by atoms with van der Waals surface area (Å²) in [6.45, 7) is 0. The van der Waals surface area contributed by atoms with Crippen LogP contribution in [0.2, 0.25) is 0 Å². The number of hydrogen-bond acceptors (Lipinski definition) is 5. The highest BCUT2D eigenvalue weighted by molar-refractivity contribution is 7.13. The van der Waals surface area contributed by atoms with Gasteiger partial charge in [0.1, 0.15) is 17.0 Å². The van der Waals surface area contributed by atoms with Gasteiger partial charge >= 0.3 is 5.97 Å². The molecule has 19 heavy (non-hydrogen) atoms. The van der Waals surface area contributed by atoms with Gasteiger partial charge in [0.2, 0.25) is 0 Å². The molecule has 0 spiro atoms. The first-order chi connectivity index (χ1) is 9.26. The van der Waals surface area contributed by atoms with E-state index in [-0.39, 0.29) is 5.97 Å². The second-order valence-electron chi connectivity index (χ2n) is 4.32. The van der Waals surface area contributed by atoms with Gasteiger partial charge in [-0.2, -0.15) is 0 Å². The highest BCUT2D eigenvalue weighted by atomic mass is 32.1. The van der Waals surface area contributed by atoms with Crippen LogP contribution in [0.15, 0.2) is 23.6 Å². The van der Waals surface area contributed by atoms with Crippen LogP contribution in [0.4, 0.5) is 0 Å². The van der Waals surface area contributed by atoms with Gasteiger partial charge in [-0.1, -0.05) is 0 Å². The van der Waals surface area contributed by atoms with E-state index in [1.54, 1.807) is 11.3 Å². The smallest absolute Gasteiger partial charge is 0.315 e. The summed E-state index contributed by atoms with van der Waals surface area (Å²) in [6, 6.07) is 5.66. The van der Waals surface area contributed by atoms with Crippen molar-refractivity contribution < 1.29 is 14.3 Å². The third kappa shape index (κ3) is 2.42. The number of carbonyl (C=O) groups is 2. The zero-order valence-corrected chi connectivity index (χ0v) is 10.9. The summed E-state index contributed by atoms with van der Waals surface area (Å²) < 4.78 is 5.06. The summed E-state index contributed by atoms with van der Waals surface area (Å²) in [5.74, 6) is 0.435. The molecular formula is C14H11NO3S. The maximum absolute atomic E-state index is 11.2. The number of rotatable bonds is 4. The van der Waals surface area contributed by atoms with Crippen molar-refractivity contribution in [3.05, 3.63) is 34.8 Å². The van der Waals surface area contributed by atoms with Gasteiger partial charge in [0.25, 0.3) is 0 Å². The number of aromatic nitrogens is 1. The van der Waals surface area contributed by atoms with Crippen molar-refractivity contribution in [2.75, 3.05) is 0 Å². The zero-order chi connectivity index (χ0) is 13.2. The molecule has 0 atom stereocenters. The summed E-state index contributed by atoms with van der Waals surface area (Å²) in [5.41, 5.74) is 2.83. The summed E-state index contributed by atoms with van der Waals surface area (Å²) >= 11 is 1.55. The molecule has 0 saturated heterocycles. The molecule has 0 bridgehead atoms. The molecule has 0 saturated carbocycles. The van der Waals surface area contributed by atoms with Crippen LogP contribution in [0.3, 0.4) is 0 Å². The molecule has 2 aromatic rings. The Morgan fingerprint density at radius 1 is 1.42 bits per heavy atom. The Morgan fingerprint density at radius 2 is 2.32 bits per heavy atom. The van der Waals surface area contributed by atoms with E-state index in [4.69, 9.17) is 4.74 Å². The van der Waals surface area contributed by atoms with Crippen molar-refractivity contribution in [2.45, 2.75) is 19.3 Å². The number of fused-ring (bicyclic) bond motifs is 1. The largest absolute Gasteiger partial charge is 0.426 e. The van der Waals surface area contributed by atoms with Crippen molar-refractivity contribution in [1.82, 2.24) is 4.98 Å². The van der Waals surface area contributed by atoms with Gasteiger partial charge in [0.05, 0.1) is 12.1 Å². The highest BCUT2D eigenvalue weighted by Gasteiger charge is 2.20. The lowest BCUT2D eigenvalue weighted by Gasteiger charge is -2.00. The number of carbonyl (C=O) groups excluding carboxylic acids is 2. The Kier molecular flexibility index (Phi) is 3.13. The summed E-state index contributed by atoms with van der Waals surface area (Å²) in [5, 5.41) is 2.87. The molecule has 1 aliphatic heterocycles. The number of aryl methyl sites for hydroxylation is 1. The van der Waals surface area contributed by atoms with Gasteiger partial charge < -0.3 is 9.53 Å². The van der Waals surface area contributed by atoms with E-state index in [1.165, 1.54) is 0 Å². The maximum atomic E-state index is 11.2. The Labute approximate surface area is 114 Å². The van der Waals surface area contributed by atoms with E-state index >= 15 is 0 Å². The van der Waals surface area contributed by atoms with Gasteiger partial charge in [-0.25, -0.2) is 4.98 Å². The Balaban J connectivity index is 1.86. The predicted molar refractivity (Wildman–Crippen MR) is 71.3 cm³/mol. The second kappa shape index (κ2) is 4.93. The van der Waals surface area contributed by atoms with Crippen molar-refractivity contribution in [1.29, 1.82) is 0 Å². The average molecular weight is 273 g/mol. The lowest BCUT2D eigenvalue weighted by atomic mass is 10.1. The number of nitrogens with zero attached hydrogens (tertiary/aromatic N) is 1. The Hall–Kier alpha value is -2.01. The van der Waals surface area contributed by atoms with Gasteiger partial charge in [-0.3, -0.25) is 4.79 Å². The first-order valence-electron chi connectivity index (χ1n) is 5.98. The summed E-state index contributed by atoms with van der Waals surface area (Å²) in [7, 11) is 0. The fourth-order valence-electron chi connectivity index (χ4n) is 2.03. The highest BCUT2D eigenvalue weighted by Crippen LogP contribution is 2.32. The molecule has 1 aromatic heterocycles. The summed E-state index contributed by atoms with van der Waals surface area (Å²) in [6.07, 6.45) is 2.39. The predicted octanol–water partition coefficient (Wildman–Crippen LogP) is 2.40. The molecule has 0 fully saturated rings. The molecule has 1 aliphatic rings. The molecule has 0 radical (unpaired) electrons. The van der Waals surface area contributed by atoms with E-state index < -0.39 is 0 Å². The van der Waals surface area contributed by atoms with E-state index in [0.717, 1.165) is 28.1 Å². The fraction of sp³-hybridized carbons (Fsp3) is 0.214. The molecule has 2 heterocycles. The van der Waals surface area contributed by atoms with Crippen molar-refractivity contribution in [3.8, 4) is 16.3 Å². The fourth-order valence-corrected chi connectivity index (χ4v) is 2.88. The minimum atomic E-state index is -0.210. The minimum Gasteiger partial charge on any atom is -0.426 e. The lowest BCUT2D eigenvalue weighted by Crippen LogP contribution is -2.00. The molecule has 1 aromatic carbocycles. The molecule has 0 N–H and O–H groups in total. The van der Waals surface area contributed by atoms with Crippen molar-refractivity contribution in [3.63, 3.8) is 0 Å². The van der Waals surface area contributed by atoms with Crippen LogP contribution in [-0.2, 0) is 22.4 Å². The minimum absolute atomic E-state index is 0.210. The first kappa shape index (κ1) is 12.0. The average Bonchev–Trinajstić information content (AvgIpc) is 3.00. The molecule has 0 amide bonds. The quantitative estimate of drug-likeness (QED) is 0.487.